The van der Waals surface area contributed by atoms with Crippen LogP contribution in [0.1, 0.15) is 13.8 Å². The van der Waals surface area contributed by atoms with Crippen molar-refractivity contribution >= 4 is 17.9 Å². The number of aliphatic carboxylic acids is 1. The van der Waals surface area contributed by atoms with E-state index in [-0.39, 0.29) is 25.0 Å². The lowest BCUT2D eigenvalue weighted by atomic mass is 10.0. The van der Waals surface area contributed by atoms with Crippen molar-refractivity contribution in [2.45, 2.75) is 32.3 Å². The van der Waals surface area contributed by atoms with Gasteiger partial charge in [0.25, 0.3) is 0 Å². The number of nitrogens with zero attached hydrogens (tertiary/aromatic N) is 2. The summed E-state index contributed by atoms with van der Waals surface area (Å²) in [5.41, 5.74) is 0.824. The highest BCUT2D eigenvalue weighted by atomic mass is 19.1. The molecule has 0 saturated carbocycles. The lowest BCUT2D eigenvalue weighted by molar-refractivity contribution is -0.219. The standard InChI is InChI=1S/C12H16FN3O5/c1-6-3-8-5-15(9(6)4-14-7(2)17)12(20)16(8)21-10(13)11(18)19/h3,8-10H,4-5H2,1-2H3,(H,14,17)(H,18,19)/t8-,9-,10?/m1/s1. The van der Waals surface area contributed by atoms with Crippen LogP contribution in [0.25, 0.3) is 0 Å². The molecule has 2 heterocycles. The molecule has 2 bridgehead atoms. The van der Waals surface area contributed by atoms with Gasteiger partial charge in [0.05, 0.1) is 12.1 Å². The second-order valence-corrected chi connectivity index (χ2v) is 4.95. The molecule has 1 unspecified atom stereocenters. The Kier molecular flexibility index (Phi) is 4.12. The Labute approximate surface area is 120 Å². The highest BCUT2D eigenvalue weighted by molar-refractivity contribution is 5.79. The van der Waals surface area contributed by atoms with Crippen LogP contribution in [0, 0.1) is 0 Å². The quantitative estimate of drug-likeness (QED) is 0.689. The van der Waals surface area contributed by atoms with Crippen molar-refractivity contribution in [2.75, 3.05) is 13.1 Å². The number of hydrogen-bond acceptors (Lipinski definition) is 4. The van der Waals surface area contributed by atoms with Gasteiger partial charge >= 0.3 is 18.4 Å². The van der Waals surface area contributed by atoms with Crippen molar-refractivity contribution in [3.8, 4) is 0 Å². The maximum Gasteiger partial charge on any atom is 0.368 e. The smallest absolute Gasteiger partial charge is 0.368 e. The third kappa shape index (κ3) is 2.97. The van der Waals surface area contributed by atoms with Crippen molar-refractivity contribution in [3.05, 3.63) is 11.6 Å². The van der Waals surface area contributed by atoms with Crippen molar-refractivity contribution in [1.82, 2.24) is 15.3 Å². The summed E-state index contributed by atoms with van der Waals surface area (Å²) in [5, 5.41) is 11.9. The SMILES string of the molecule is CC(=O)NC[C@@H]1C(C)=C[C@@H]2CN1C(=O)N2OC(F)C(=O)O. The number of nitrogens with one attached hydrogen (secondary N) is 1. The van der Waals surface area contributed by atoms with Gasteiger partial charge in [-0.1, -0.05) is 11.6 Å². The molecule has 0 spiro atoms. The zero-order chi connectivity index (χ0) is 15.7. The number of rotatable bonds is 5. The number of urea groups is 1. The molecule has 2 aliphatic rings. The summed E-state index contributed by atoms with van der Waals surface area (Å²) in [6, 6.07) is -1.51. The van der Waals surface area contributed by atoms with Gasteiger partial charge in [-0.05, 0) is 6.92 Å². The molecule has 3 amide bonds. The molecule has 0 aromatic carbocycles. The van der Waals surface area contributed by atoms with E-state index < -0.39 is 24.4 Å². The second-order valence-electron chi connectivity index (χ2n) is 4.95. The number of alkyl halides is 1. The van der Waals surface area contributed by atoms with Crippen LogP contribution in [0.5, 0.6) is 0 Å². The van der Waals surface area contributed by atoms with Gasteiger partial charge in [-0.2, -0.15) is 5.06 Å². The molecule has 2 N–H and O–H groups in total. The minimum atomic E-state index is -2.60. The van der Waals surface area contributed by atoms with Crippen molar-refractivity contribution in [2.24, 2.45) is 0 Å². The summed E-state index contributed by atoms with van der Waals surface area (Å²) in [5.74, 6) is -2.02. The number of carboxylic acid groups (broad SMARTS) is 1. The van der Waals surface area contributed by atoms with Crippen molar-refractivity contribution in [1.29, 1.82) is 0 Å². The summed E-state index contributed by atoms with van der Waals surface area (Å²) in [6.07, 6.45) is -0.889. The molecule has 1 fully saturated rings. The summed E-state index contributed by atoms with van der Waals surface area (Å²) < 4.78 is 13.1. The van der Waals surface area contributed by atoms with E-state index in [0.29, 0.717) is 0 Å². The van der Waals surface area contributed by atoms with Gasteiger partial charge in [0.1, 0.15) is 0 Å². The average Bonchev–Trinajstić information content (AvgIpc) is 2.63. The summed E-state index contributed by atoms with van der Waals surface area (Å²) >= 11 is 0. The second kappa shape index (κ2) is 5.68. The van der Waals surface area contributed by atoms with Crippen LogP contribution in [0.3, 0.4) is 0 Å². The molecular formula is C12H16FN3O5. The Hall–Kier alpha value is -2.16. The molecule has 1 saturated heterocycles. The molecule has 9 heteroatoms. The normalized spacial score (nSPS) is 25.7. The van der Waals surface area contributed by atoms with Crippen LogP contribution >= 0.6 is 0 Å². The zero-order valence-corrected chi connectivity index (χ0v) is 11.6. The van der Waals surface area contributed by atoms with Crippen LogP contribution in [-0.2, 0) is 14.4 Å². The van der Waals surface area contributed by atoms with E-state index >= 15 is 0 Å². The highest BCUT2D eigenvalue weighted by Crippen LogP contribution is 2.29. The number of carboxylic acids is 1. The number of halogens is 1. The molecule has 116 valence electrons. The maximum absolute atomic E-state index is 13.1. The Balaban J connectivity index is 2.11. The molecule has 21 heavy (non-hydrogen) atoms. The third-order valence-corrected chi connectivity index (χ3v) is 3.42. The van der Waals surface area contributed by atoms with E-state index in [2.05, 4.69) is 10.2 Å². The number of carbonyl (C=O) groups is 3. The van der Waals surface area contributed by atoms with Crippen LogP contribution in [0.15, 0.2) is 11.6 Å². The summed E-state index contributed by atoms with van der Waals surface area (Å²) in [4.78, 5) is 39.6. The molecule has 0 aromatic heterocycles. The van der Waals surface area contributed by atoms with Crippen molar-refractivity contribution in [3.63, 3.8) is 0 Å². The predicted octanol–water partition coefficient (Wildman–Crippen LogP) is -0.131. The fourth-order valence-corrected chi connectivity index (χ4v) is 2.44. The van der Waals surface area contributed by atoms with Gasteiger partial charge in [-0.25, -0.2) is 18.8 Å². The monoisotopic (exact) mass is 301 g/mol. The summed E-state index contributed by atoms with van der Waals surface area (Å²) in [7, 11) is 0. The molecule has 2 aliphatic heterocycles. The molecule has 0 aliphatic carbocycles. The first-order valence-electron chi connectivity index (χ1n) is 6.37. The van der Waals surface area contributed by atoms with Gasteiger partial charge in [0.15, 0.2) is 0 Å². The number of amides is 3. The predicted molar refractivity (Wildman–Crippen MR) is 67.6 cm³/mol. The highest BCUT2D eigenvalue weighted by Gasteiger charge is 2.46. The van der Waals surface area contributed by atoms with Crippen LogP contribution in [0.2, 0.25) is 0 Å². The van der Waals surface area contributed by atoms with E-state index in [4.69, 9.17) is 5.11 Å². The van der Waals surface area contributed by atoms with E-state index in [0.717, 1.165) is 10.6 Å². The molecule has 0 radical (unpaired) electrons. The van der Waals surface area contributed by atoms with Crippen LogP contribution in [0.4, 0.5) is 9.18 Å². The first-order chi connectivity index (χ1) is 9.81. The van der Waals surface area contributed by atoms with Gasteiger partial charge in [0, 0.05) is 20.0 Å². The van der Waals surface area contributed by atoms with Gasteiger partial charge in [-0.3, -0.25) is 4.79 Å². The van der Waals surface area contributed by atoms with Crippen LogP contribution < -0.4 is 5.32 Å². The summed E-state index contributed by atoms with van der Waals surface area (Å²) in [6.45, 7) is 3.65. The van der Waals surface area contributed by atoms with Gasteiger partial charge in [0.2, 0.25) is 5.91 Å². The maximum atomic E-state index is 13.1. The topological polar surface area (TPSA) is 99.2 Å². The number of hydroxylamine groups is 2. The Bertz CT molecular complexity index is 509. The molecule has 8 nitrogen and oxygen atoms in total. The zero-order valence-electron chi connectivity index (χ0n) is 11.6. The van der Waals surface area contributed by atoms with Crippen LogP contribution in [-0.4, -0.2) is 64.5 Å². The fourth-order valence-electron chi connectivity index (χ4n) is 2.44. The van der Waals surface area contributed by atoms with E-state index in [1.54, 1.807) is 13.0 Å². The number of fused-ring (bicyclic) bond motifs is 2. The minimum absolute atomic E-state index is 0.223. The average molecular weight is 301 g/mol. The first-order valence-corrected chi connectivity index (χ1v) is 6.37. The first kappa shape index (κ1) is 15.2. The Morgan fingerprint density at radius 1 is 1.62 bits per heavy atom. The minimum Gasteiger partial charge on any atom is -0.477 e. The lowest BCUT2D eigenvalue weighted by Gasteiger charge is -2.30. The molecule has 2 rings (SSSR count). The van der Waals surface area contributed by atoms with E-state index in [1.807, 2.05) is 0 Å². The molecule has 3 atom stereocenters. The fraction of sp³-hybridized carbons (Fsp3) is 0.583. The molecular weight excluding hydrogens is 285 g/mol. The Morgan fingerprint density at radius 2 is 2.29 bits per heavy atom. The molecule has 0 aromatic rings. The largest absolute Gasteiger partial charge is 0.477 e. The third-order valence-electron chi connectivity index (χ3n) is 3.42. The van der Waals surface area contributed by atoms with E-state index in [9.17, 15) is 18.8 Å². The van der Waals surface area contributed by atoms with Crippen molar-refractivity contribution < 1.29 is 28.7 Å². The lowest BCUT2D eigenvalue weighted by Crippen LogP contribution is -2.47. The number of hydrogen-bond donors (Lipinski definition) is 2. The van der Waals surface area contributed by atoms with Gasteiger partial charge < -0.3 is 15.3 Å². The van der Waals surface area contributed by atoms with E-state index in [1.165, 1.54) is 11.8 Å². The Morgan fingerprint density at radius 3 is 2.86 bits per heavy atom. The number of carbonyl (C=O) groups excluding carboxylic acids is 2. The van der Waals surface area contributed by atoms with Gasteiger partial charge in [-0.15, -0.1) is 0 Å².